The number of likely N-dealkylation sites (tertiary alicyclic amines) is 1. The first-order chi connectivity index (χ1) is 10.9. The fourth-order valence-electron chi connectivity index (χ4n) is 3.62. The van der Waals surface area contributed by atoms with E-state index in [1.807, 2.05) is 18.5 Å². The Hall–Kier alpha value is -0.970. The van der Waals surface area contributed by atoms with E-state index in [0.717, 1.165) is 6.54 Å². The molecule has 3 rings (SSSR count). The lowest BCUT2D eigenvalue weighted by Gasteiger charge is -2.35. The highest BCUT2D eigenvalue weighted by Gasteiger charge is 2.17. The zero-order chi connectivity index (χ0) is 15.0. The van der Waals surface area contributed by atoms with Gasteiger partial charge in [0.15, 0.2) is 0 Å². The number of pyridine rings is 1. The van der Waals surface area contributed by atoms with Crippen molar-refractivity contribution in [3.05, 3.63) is 30.1 Å². The summed E-state index contributed by atoms with van der Waals surface area (Å²) in [6.45, 7) is 11.1. The second-order valence-electron chi connectivity index (χ2n) is 6.73. The quantitative estimate of drug-likeness (QED) is 0.802. The normalized spacial score (nSPS) is 22.0. The van der Waals surface area contributed by atoms with Crippen molar-refractivity contribution in [3.8, 4) is 0 Å². The van der Waals surface area contributed by atoms with Gasteiger partial charge in [0.25, 0.3) is 0 Å². The van der Waals surface area contributed by atoms with Gasteiger partial charge < -0.3 is 9.80 Å². The second kappa shape index (κ2) is 8.61. The molecule has 0 radical (unpaired) electrons. The Morgan fingerprint density at radius 3 is 2.18 bits per heavy atom. The average Bonchev–Trinajstić information content (AvgIpc) is 2.58. The Kier molecular flexibility index (Phi) is 6.22. The number of hydrogen-bond acceptors (Lipinski definition) is 4. The van der Waals surface area contributed by atoms with Gasteiger partial charge in [0.2, 0.25) is 0 Å². The first kappa shape index (κ1) is 15.9. The van der Waals surface area contributed by atoms with E-state index < -0.39 is 0 Å². The summed E-state index contributed by atoms with van der Waals surface area (Å²) in [4.78, 5) is 12.1. The standard InChI is InChI=1S/C18H30N4/c1-2-8-20(9-3-1)10-5-11-21-12-14-22(15-13-21)17-18-6-4-7-19-16-18/h4,6-7,16H,1-3,5,8-15,17H2. The topological polar surface area (TPSA) is 22.6 Å². The Morgan fingerprint density at radius 2 is 1.50 bits per heavy atom. The van der Waals surface area contributed by atoms with E-state index in [-0.39, 0.29) is 0 Å². The Labute approximate surface area is 135 Å². The SMILES string of the molecule is c1cncc(CN2CCN(CCCN3CCCCC3)CC2)c1. The molecule has 0 atom stereocenters. The van der Waals surface area contributed by atoms with E-state index in [2.05, 4.69) is 25.8 Å². The molecule has 2 aliphatic rings. The number of rotatable bonds is 6. The van der Waals surface area contributed by atoms with Gasteiger partial charge in [0.05, 0.1) is 0 Å². The van der Waals surface area contributed by atoms with Gasteiger partial charge in [-0.1, -0.05) is 12.5 Å². The lowest BCUT2D eigenvalue weighted by molar-refractivity contribution is 0.120. The van der Waals surface area contributed by atoms with Crippen molar-refractivity contribution in [2.75, 3.05) is 52.4 Å². The third-order valence-electron chi connectivity index (χ3n) is 4.99. The maximum atomic E-state index is 4.21. The first-order valence-electron chi connectivity index (χ1n) is 8.96. The van der Waals surface area contributed by atoms with Crippen LogP contribution in [0, 0.1) is 0 Å². The van der Waals surface area contributed by atoms with E-state index >= 15 is 0 Å². The summed E-state index contributed by atoms with van der Waals surface area (Å²) < 4.78 is 0. The van der Waals surface area contributed by atoms with E-state index in [0.29, 0.717) is 0 Å². The van der Waals surface area contributed by atoms with Crippen molar-refractivity contribution in [2.24, 2.45) is 0 Å². The molecule has 122 valence electrons. The molecule has 1 aromatic heterocycles. The number of piperazine rings is 1. The van der Waals surface area contributed by atoms with E-state index in [4.69, 9.17) is 0 Å². The van der Waals surface area contributed by atoms with Crippen molar-refractivity contribution >= 4 is 0 Å². The zero-order valence-electron chi connectivity index (χ0n) is 13.8. The van der Waals surface area contributed by atoms with Gasteiger partial charge in [-0.15, -0.1) is 0 Å². The zero-order valence-corrected chi connectivity index (χ0v) is 13.8. The van der Waals surface area contributed by atoms with Gasteiger partial charge in [-0.05, 0) is 57.1 Å². The Bertz CT molecular complexity index is 408. The lowest BCUT2D eigenvalue weighted by Crippen LogP contribution is -2.46. The van der Waals surface area contributed by atoms with Crippen molar-refractivity contribution in [1.29, 1.82) is 0 Å². The minimum absolute atomic E-state index is 1.05. The largest absolute Gasteiger partial charge is 0.303 e. The molecule has 0 aromatic carbocycles. The predicted octanol–water partition coefficient (Wildman–Crippen LogP) is 2.08. The molecule has 0 bridgehead atoms. The Balaban J connectivity index is 1.30. The summed E-state index contributed by atoms with van der Waals surface area (Å²) in [6.07, 6.45) is 9.44. The molecule has 3 heterocycles. The molecular weight excluding hydrogens is 272 g/mol. The fraction of sp³-hybridized carbons (Fsp3) is 0.722. The molecule has 0 amide bonds. The average molecular weight is 302 g/mol. The fourth-order valence-corrected chi connectivity index (χ4v) is 3.62. The minimum Gasteiger partial charge on any atom is -0.303 e. The number of aromatic nitrogens is 1. The minimum atomic E-state index is 1.05. The molecule has 0 unspecified atom stereocenters. The van der Waals surface area contributed by atoms with Crippen molar-refractivity contribution in [2.45, 2.75) is 32.2 Å². The predicted molar refractivity (Wildman–Crippen MR) is 90.9 cm³/mol. The van der Waals surface area contributed by atoms with Crippen LogP contribution in [0.2, 0.25) is 0 Å². The van der Waals surface area contributed by atoms with Gasteiger partial charge in [0.1, 0.15) is 0 Å². The molecule has 1 aromatic rings. The molecule has 0 N–H and O–H groups in total. The molecule has 4 heteroatoms. The maximum absolute atomic E-state index is 4.21. The highest BCUT2D eigenvalue weighted by Crippen LogP contribution is 2.10. The second-order valence-corrected chi connectivity index (χ2v) is 6.73. The summed E-state index contributed by atoms with van der Waals surface area (Å²) in [5, 5.41) is 0. The molecule has 4 nitrogen and oxygen atoms in total. The maximum Gasteiger partial charge on any atom is 0.0312 e. The molecule has 2 saturated heterocycles. The molecule has 2 fully saturated rings. The van der Waals surface area contributed by atoms with Crippen LogP contribution in [0.25, 0.3) is 0 Å². The first-order valence-corrected chi connectivity index (χ1v) is 8.96. The van der Waals surface area contributed by atoms with Crippen LogP contribution >= 0.6 is 0 Å². The number of hydrogen-bond donors (Lipinski definition) is 0. The van der Waals surface area contributed by atoms with Crippen LogP contribution in [0.3, 0.4) is 0 Å². The highest BCUT2D eigenvalue weighted by atomic mass is 15.3. The Morgan fingerprint density at radius 1 is 0.818 bits per heavy atom. The monoisotopic (exact) mass is 302 g/mol. The number of piperidine rings is 1. The molecular formula is C18H30N4. The van der Waals surface area contributed by atoms with Crippen molar-refractivity contribution < 1.29 is 0 Å². The summed E-state index contributed by atoms with van der Waals surface area (Å²) in [6, 6.07) is 4.21. The molecule has 0 saturated carbocycles. The number of nitrogens with zero attached hydrogens (tertiary/aromatic N) is 4. The molecule has 22 heavy (non-hydrogen) atoms. The summed E-state index contributed by atoms with van der Waals surface area (Å²) in [5.41, 5.74) is 1.33. The lowest BCUT2D eigenvalue weighted by atomic mass is 10.1. The van der Waals surface area contributed by atoms with Crippen LogP contribution in [0.4, 0.5) is 0 Å². The van der Waals surface area contributed by atoms with Crippen molar-refractivity contribution in [1.82, 2.24) is 19.7 Å². The van der Waals surface area contributed by atoms with Crippen LogP contribution in [0.5, 0.6) is 0 Å². The summed E-state index contributed by atoms with van der Waals surface area (Å²) in [7, 11) is 0. The molecule has 0 aliphatic carbocycles. The smallest absolute Gasteiger partial charge is 0.0312 e. The van der Waals surface area contributed by atoms with Crippen LogP contribution < -0.4 is 0 Å². The third kappa shape index (κ3) is 5.04. The van der Waals surface area contributed by atoms with Crippen LogP contribution in [0.15, 0.2) is 24.5 Å². The van der Waals surface area contributed by atoms with Crippen LogP contribution in [-0.4, -0.2) is 72.0 Å². The van der Waals surface area contributed by atoms with Gasteiger partial charge in [0, 0.05) is 45.1 Å². The molecule has 0 spiro atoms. The third-order valence-corrected chi connectivity index (χ3v) is 4.99. The highest BCUT2D eigenvalue weighted by molar-refractivity contribution is 5.08. The van der Waals surface area contributed by atoms with Crippen LogP contribution in [0.1, 0.15) is 31.2 Å². The van der Waals surface area contributed by atoms with E-state index in [1.165, 1.54) is 83.6 Å². The van der Waals surface area contributed by atoms with Gasteiger partial charge in [-0.3, -0.25) is 9.88 Å². The van der Waals surface area contributed by atoms with E-state index in [9.17, 15) is 0 Å². The van der Waals surface area contributed by atoms with Gasteiger partial charge >= 0.3 is 0 Å². The van der Waals surface area contributed by atoms with Crippen LogP contribution in [-0.2, 0) is 6.54 Å². The summed E-state index contributed by atoms with van der Waals surface area (Å²) >= 11 is 0. The van der Waals surface area contributed by atoms with E-state index in [1.54, 1.807) is 0 Å². The van der Waals surface area contributed by atoms with Gasteiger partial charge in [-0.25, -0.2) is 0 Å². The van der Waals surface area contributed by atoms with Gasteiger partial charge in [-0.2, -0.15) is 0 Å². The van der Waals surface area contributed by atoms with Crippen molar-refractivity contribution in [3.63, 3.8) is 0 Å². The molecule has 2 aliphatic heterocycles. The summed E-state index contributed by atoms with van der Waals surface area (Å²) in [5.74, 6) is 0.